The number of quaternary nitrogens is 1. The first kappa shape index (κ1) is 22.7. The van der Waals surface area contributed by atoms with E-state index in [9.17, 15) is 4.79 Å². The van der Waals surface area contributed by atoms with Crippen LogP contribution in [0.25, 0.3) is 0 Å². The fraction of sp³-hybridized carbons (Fsp3) is 0.296. The van der Waals surface area contributed by atoms with Crippen molar-refractivity contribution in [2.75, 3.05) is 32.1 Å². The van der Waals surface area contributed by atoms with Gasteiger partial charge in [0.05, 0.1) is 13.7 Å². The third-order valence-corrected chi connectivity index (χ3v) is 5.50. The summed E-state index contributed by atoms with van der Waals surface area (Å²) in [6.45, 7) is 7.83. The van der Waals surface area contributed by atoms with Crippen LogP contribution in [0.1, 0.15) is 33.9 Å². The van der Waals surface area contributed by atoms with Crippen LogP contribution in [0.5, 0.6) is 0 Å². The van der Waals surface area contributed by atoms with E-state index in [0.717, 1.165) is 39.4 Å². The van der Waals surface area contributed by atoms with Crippen LogP contribution >= 0.6 is 0 Å². The van der Waals surface area contributed by atoms with Crippen LogP contribution in [0.3, 0.4) is 0 Å². The number of carbonyl (C=O) groups is 1. The lowest BCUT2D eigenvalue weighted by Crippen LogP contribution is -3.10. The molecule has 0 fully saturated rings. The Morgan fingerprint density at radius 2 is 1.48 bits per heavy atom. The monoisotopic (exact) mass is 417 g/mol. The summed E-state index contributed by atoms with van der Waals surface area (Å²) in [6.07, 6.45) is -0.113. The van der Waals surface area contributed by atoms with Crippen molar-refractivity contribution in [2.24, 2.45) is 0 Å². The highest BCUT2D eigenvalue weighted by Gasteiger charge is 2.17. The summed E-state index contributed by atoms with van der Waals surface area (Å²) in [5, 5.41) is 3.06. The van der Waals surface area contributed by atoms with Crippen molar-refractivity contribution in [3.63, 3.8) is 0 Å². The van der Waals surface area contributed by atoms with Crippen LogP contribution in [-0.4, -0.2) is 32.7 Å². The fourth-order valence-corrected chi connectivity index (χ4v) is 3.66. The summed E-state index contributed by atoms with van der Waals surface area (Å²) < 4.78 is 6.31. The Kier molecular flexibility index (Phi) is 7.99. The molecule has 1 amide bonds. The molecule has 0 spiro atoms. The maximum absolute atomic E-state index is 12.5. The van der Waals surface area contributed by atoms with E-state index in [1.54, 1.807) is 0 Å². The molecular formula is C27H33N2O2+. The topological polar surface area (TPSA) is 42.8 Å². The Bertz CT molecular complexity index is 964. The molecule has 0 aliphatic carbocycles. The highest BCUT2D eigenvalue weighted by atomic mass is 16.5. The normalized spacial score (nSPS) is 12.9. The lowest BCUT2D eigenvalue weighted by atomic mass is 10.0. The number of amides is 1. The smallest absolute Gasteiger partial charge is 0.279 e. The molecule has 162 valence electrons. The van der Waals surface area contributed by atoms with Crippen molar-refractivity contribution in [1.82, 2.24) is 0 Å². The molecule has 0 saturated heterocycles. The van der Waals surface area contributed by atoms with E-state index >= 15 is 0 Å². The first-order valence-corrected chi connectivity index (χ1v) is 10.8. The molecule has 31 heavy (non-hydrogen) atoms. The number of likely N-dealkylation sites (N-methyl/N-ethyl adjacent to an activating group) is 1. The fourth-order valence-electron chi connectivity index (χ4n) is 3.66. The number of hydrogen-bond acceptors (Lipinski definition) is 2. The Morgan fingerprint density at radius 1 is 0.871 bits per heavy atom. The van der Waals surface area contributed by atoms with Gasteiger partial charge in [-0.15, -0.1) is 0 Å². The van der Waals surface area contributed by atoms with Gasteiger partial charge in [0.25, 0.3) is 5.91 Å². The van der Waals surface area contributed by atoms with E-state index in [-0.39, 0.29) is 12.0 Å². The standard InChI is InChI=1S/C27H32N2O2/c1-20-13-15-24(16-14-20)27(23-11-6-5-7-12-23)31-18-17-29(4)19-25(30)28-26-21(2)9-8-10-22(26)3/h5-16,27H,17-19H2,1-4H3,(H,28,30)/p+1/t27-/m1/s1. The minimum atomic E-state index is -0.113. The number of anilines is 1. The Hall–Kier alpha value is -2.95. The largest absolute Gasteiger partial charge is 0.363 e. The molecule has 0 aromatic heterocycles. The van der Waals surface area contributed by atoms with Crippen molar-refractivity contribution >= 4 is 11.6 Å². The van der Waals surface area contributed by atoms with Crippen molar-refractivity contribution in [1.29, 1.82) is 0 Å². The van der Waals surface area contributed by atoms with Gasteiger partial charge in [0.2, 0.25) is 0 Å². The van der Waals surface area contributed by atoms with E-state index in [2.05, 4.69) is 48.6 Å². The van der Waals surface area contributed by atoms with Gasteiger partial charge in [-0.3, -0.25) is 4.79 Å². The average Bonchev–Trinajstić information content (AvgIpc) is 2.75. The molecule has 0 aliphatic rings. The molecule has 2 N–H and O–H groups in total. The molecule has 0 saturated carbocycles. The molecule has 0 radical (unpaired) electrons. The minimum absolute atomic E-state index is 0.0213. The van der Waals surface area contributed by atoms with E-state index in [0.29, 0.717) is 13.2 Å². The number of hydrogen-bond donors (Lipinski definition) is 2. The molecule has 2 atom stereocenters. The number of carbonyl (C=O) groups excluding carboxylic acids is 1. The zero-order chi connectivity index (χ0) is 22.2. The number of rotatable bonds is 9. The van der Waals surface area contributed by atoms with Crippen LogP contribution in [0, 0.1) is 20.8 Å². The van der Waals surface area contributed by atoms with Gasteiger partial charge in [0, 0.05) is 5.69 Å². The van der Waals surface area contributed by atoms with Crippen molar-refractivity contribution in [3.8, 4) is 0 Å². The van der Waals surface area contributed by atoms with Gasteiger partial charge in [0.15, 0.2) is 6.54 Å². The lowest BCUT2D eigenvalue weighted by Gasteiger charge is -2.21. The van der Waals surface area contributed by atoms with E-state index < -0.39 is 0 Å². The minimum Gasteiger partial charge on any atom is -0.363 e. The second kappa shape index (κ2) is 10.9. The molecule has 3 aromatic rings. The third kappa shape index (κ3) is 6.51. The van der Waals surface area contributed by atoms with E-state index in [1.165, 1.54) is 5.56 Å². The predicted octanol–water partition coefficient (Wildman–Crippen LogP) is 3.87. The molecule has 0 bridgehead atoms. The van der Waals surface area contributed by atoms with Crippen molar-refractivity contribution < 1.29 is 14.4 Å². The highest BCUT2D eigenvalue weighted by molar-refractivity contribution is 5.93. The molecule has 1 unspecified atom stereocenters. The van der Waals surface area contributed by atoms with Gasteiger partial charge in [-0.1, -0.05) is 78.4 Å². The summed E-state index contributed by atoms with van der Waals surface area (Å²) in [5.74, 6) is 0.0213. The molecule has 4 nitrogen and oxygen atoms in total. The third-order valence-electron chi connectivity index (χ3n) is 5.50. The first-order valence-electron chi connectivity index (χ1n) is 10.8. The van der Waals surface area contributed by atoms with E-state index in [1.807, 2.05) is 57.3 Å². The molecule has 0 heterocycles. The SMILES string of the molecule is Cc1ccc([C@H](OCC[NH+](C)CC(=O)Nc2c(C)cccc2C)c2ccccc2)cc1. The summed E-state index contributed by atoms with van der Waals surface area (Å²) >= 11 is 0. The molecule has 4 heteroatoms. The van der Waals surface area contributed by atoms with Gasteiger partial charge < -0.3 is 15.0 Å². The number of aryl methyl sites for hydroxylation is 3. The predicted molar refractivity (Wildman–Crippen MR) is 127 cm³/mol. The Labute approximate surface area is 185 Å². The van der Waals surface area contributed by atoms with Gasteiger partial charge >= 0.3 is 0 Å². The number of para-hydroxylation sites is 1. The van der Waals surface area contributed by atoms with Crippen LogP contribution in [-0.2, 0) is 9.53 Å². The Balaban J connectivity index is 1.56. The number of nitrogens with one attached hydrogen (secondary N) is 2. The van der Waals surface area contributed by atoms with Gasteiger partial charge in [-0.2, -0.15) is 0 Å². The van der Waals surface area contributed by atoms with Gasteiger partial charge in [-0.25, -0.2) is 0 Å². The number of benzene rings is 3. The zero-order valence-electron chi connectivity index (χ0n) is 18.9. The second-order valence-electron chi connectivity index (χ2n) is 8.27. The molecule has 3 aromatic carbocycles. The van der Waals surface area contributed by atoms with Crippen LogP contribution in [0.4, 0.5) is 5.69 Å². The highest BCUT2D eigenvalue weighted by Crippen LogP contribution is 2.26. The summed E-state index contributed by atoms with van der Waals surface area (Å²) in [5.41, 5.74) is 6.59. The summed E-state index contributed by atoms with van der Waals surface area (Å²) in [4.78, 5) is 13.6. The van der Waals surface area contributed by atoms with E-state index in [4.69, 9.17) is 4.74 Å². The molecular weight excluding hydrogens is 384 g/mol. The molecule has 0 aliphatic heterocycles. The summed E-state index contributed by atoms with van der Waals surface area (Å²) in [7, 11) is 2.02. The van der Waals surface area contributed by atoms with Crippen LogP contribution in [0.15, 0.2) is 72.8 Å². The Morgan fingerprint density at radius 3 is 2.13 bits per heavy atom. The van der Waals surface area contributed by atoms with Gasteiger partial charge in [0.1, 0.15) is 12.6 Å². The van der Waals surface area contributed by atoms with Crippen molar-refractivity contribution in [2.45, 2.75) is 26.9 Å². The van der Waals surface area contributed by atoms with Crippen LogP contribution in [0.2, 0.25) is 0 Å². The first-order chi connectivity index (χ1) is 14.9. The quantitative estimate of drug-likeness (QED) is 0.555. The maximum Gasteiger partial charge on any atom is 0.279 e. The maximum atomic E-state index is 12.5. The zero-order valence-corrected chi connectivity index (χ0v) is 18.9. The van der Waals surface area contributed by atoms with Crippen LogP contribution < -0.4 is 10.2 Å². The molecule has 3 rings (SSSR count). The lowest BCUT2D eigenvalue weighted by molar-refractivity contribution is -0.871. The summed E-state index contributed by atoms with van der Waals surface area (Å²) in [6, 6.07) is 24.8. The van der Waals surface area contributed by atoms with Gasteiger partial charge in [-0.05, 0) is 43.0 Å². The second-order valence-corrected chi connectivity index (χ2v) is 8.27. The average molecular weight is 418 g/mol. The number of ether oxygens (including phenoxy) is 1. The van der Waals surface area contributed by atoms with Crippen molar-refractivity contribution in [3.05, 3.63) is 101 Å².